The largest absolute Gasteiger partial charge is 0.322 e. The first-order valence-corrected chi connectivity index (χ1v) is 4.03. The van der Waals surface area contributed by atoms with Gasteiger partial charge in [0.25, 0.3) is 0 Å². The smallest absolute Gasteiger partial charge is 0.221 e. The summed E-state index contributed by atoms with van der Waals surface area (Å²) in [5.41, 5.74) is 0.863. The summed E-state index contributed by atoms with van der Waals surface area (Å²) in [6, 6.07) is 0. The zero-order chi connectivity index (χ0) is 9.68. The molecule has 1 heterocycles. The van der Waals surface area contributed by atoms with Crippen LogP contribution in [0, 0.1) is 0 Å². The van der Waals surface area contributed by atoms with E-state index in [1.54, 1.807) is 10.9 Å². The highest BCUT2D eigenvalue weighted by Crippen LogP contribution is 2.03. The highest BCUT2D eigenvalue weighted by Gasteiger charge is 1.97. The summed E-state index contributed by atoms with van der Waals surface area (Å²) < 4.78 is 1.70. The van der Waals surface area contributed by atoms with Crippen molar-refractivity contribution in [2.45, 2.75) is 6.92 Å². The van der Waals surface area contributed by atoms with Crippen LogP contribution in [0.15, 0.2) is 22.4 Å². The Morgan fingerprint density at radius 1 is 1.77 bits per heavy atom. The van der Waals surface area contributed by atoms with E-state index in [0.717, 1.165) is 5.69 Å². The van der Waals surface area contributed by atoms with E-state index in [0.29, 0.717) is 12.5 Å². The summed E-state index contributed by atoms with van der Waals surface area (Å²) in [5.74, 6) is 0.524. The van der Waals surface area contributed by atoms with Crippen LogP contribution in [0.4, 0.5) is 5.69 Å². The number of hydrogen-bond donors (Lipinski definition) is 1. The van der Waals surface area contributed by atoms with Gasteiger partial charge >= 0.3 is 0 Å². The maximum Gasteiger partial charge on any atom is 0.221 e. The second-order valence-electron chi connectivity index (χ2n) is 2.48. The predicted octanol–water partition coefficient (Wildman–Crippen LogP) is 0.908. The minimum absolute atomic E-state index is 0.524. The summed E-state index contributed by atoms with van der Waals surface area (Å²) in [7, 11) is 1.85. The Balaban J connectivity index is 2.67. The molecule has 70 valence electrons. The molecule has 0 unspecified atom stereocenters. The molecule has 0 spiro atoms. The molecular formula is C8H13N5. The molecule has 0 aliphatic rings. The first-order valence-electron chi connectivity index (χ1n) is 4.03. The van der Waals surface area contributed by atoms with Gasteiger partial charge in [0, 0.05) is 19.8 Å². The van der Waals surface area contributed by atoms with Crippen molar-refractivity contribution in [3.63, 3.8) is 0 Å². The molecule has 0 bridgehead atoms. The summed E-state index contributed by atoms with van der Waals surface area (Å²) >= 11 is 0. The lowest BCUT2D eigenvalue weighted by Crippen LogP contribution is -2.08. The second kappa shape index (κ2) is 4.39. The van der Waals surface area contributed by atoms with Crippen molar-refractivity contribution in [1.82, 2.24) is 9.78 Å². The molecule has 13 heavy (non-hydrogen) atoms. The Bertz CT molecular complexity index is 312. The molecule has 1 N–H and O–H groups in total. The lowest BCUT2D eigenvalue weighted by Gasteiger charge is -2.00. The molecule has 0 amide bonds. The van der Waals surface area contributed by atoms with Crippen LogP contribution in [0.25, 0.3) is 0 Å². The van der Waals surface area contributed by atoms with Crippen LogP contribution in [0.5, 0.6) is 0 Å². The van der Waals surface area contributed by atoms with Gasteiger partial charge in [-0.2, -0.15) is 5.10 Å². The number of rotatable bonds is 2. The maximum atomic E-state index is 4.09. The zero-order valence-electron chi connectivity index (χ0n) is 7.86. The van der Waals surface area contributed by atoms with E-state index in [1.165, 1.54) is 0 Å². The average molecular weight is 179 g/mol. The maximum absolute atomic E-state index is 4.09. The average Bonchev–Trinajstić information content (AvgIpc) is 2.50. The number of nitrogens with one attached hydrogen (secondary N) is 1. The van der Waals surface area contributed by atoms with Crippen molar-refractivity contribution in [3.8, 4) is 0 Å². The third-order valence-electron chi connectivity index (χ3n) is 1.42. The summed E-state index contributed by atoms with van der Waals surface area (Å²) in [5, 5.41) is 6.99. The SMILES string of the molecule is C=NC(=NCC)Nc1cnn(C)c1. The molecule has 0 aliphatic heterocycles. The number of aryl methyl sites for hydroxylation is 1. The van der Waals surface area contributed by atoms with E-state index in [-0.39, 0.29) is 0 Å². The molecule has 0 saturated heterocycles. The van der Waals surface area contributed by atoms with Crippen LogP contribution in [0.2, 0.25) is 0 Å². The highest BCUT2D eigenvalue weighted by atomic mass is 15.3. The van der Waals surface area contributed by atoms with Crippen LogP contribution in [0.3, 0.4) is 0 Å². The lowest BCUT2D eigenvalue weighted by molar-refractivity contribution is 0.768. The number of hydrogen-bond acceptors (Lipinski definition) is 2. The van der Waals surface area contributed by atoms with Gasteiger partial charge in [-0.3, -0.25) is 9.67 Å². The minimum Gasteiger partial charge on any atom is -0.322 e. The summed E-state index contributed by atoms with van der Waals surface area (Å²) in [6.07, 6.45) is 3.55. The lowest BCUT2D eigenvalue weighted by atomic mass is 10.6. The second-order valence-corrected chi connectivity index (χ2v) is 2.48. The Morgan fingerprint density at radius 3 is 3.00 bits per heavy atom. The van der Waals surface area contributed by atoms with Gasteiger partial charge in [-0.05, 0) is 13.6 Å². The standard InChI is InChI=1S/C8H13N5/c1-4-10-8(9-2)12-7-5-11-13(3)6-7/h5-6H,2,4H2,1,3H3,(H,10,12). The number of anilines is 1. The molecule has 0 aliphatic carbocycles. The zero-order valence-corrected chi connectivity index (χ0v) is 7.86. The van der Waals surface area contributed by atoms with Crippen LogP contribution in [0.1, 0.15) is 6.92 Å². The van der Waals surface area contributed by atoms with Gasteiger partial charge in [0.2, 0.25) is 5.96 Å². The van der Waals surface area contributed by atoms with E-state index in [4.69, 9.17) is 0 Å². The molecule has 0 radical (unpaired) electrons. The van der Waals surface area contributed by atoms with Crippen molar-refractivity contribution in [3.05, 3.63) is 12.4 Å². The van der Waals surface area contributed by atoms with Crippen molar-refractivity contribution in [1.29, 1.82) is 0 Å². The van der Waals surface area contributed by atoms with Crippen LogP contribution in [-0.2, 0) is 7.05 Å². The van der Waals surface area contributed by atoms with Crippen molar-refractivity contribution in [2.75, 3.05) is 11.9 Å². The summed E-state index contributed by atoms with van der Waals surface area (Å²) in [6.45, 7) is 6.03. The molecule has 0 aromatic carbocycles. The van der Waals surface area contributed by atoms with Gasteiger partial charge in [0.05, 0.1) is 11.9 Å². The number of guanidine groups is 1. The van der Waals surface area contributed by atoms with E-state index in [1.807, 2.05) is 20.2 Å². The molecule has 5 nitrogen and oxygen atoms in total. The molecule has 1 aromatic rings. The van der Waals surface area contributed by atoms with Crippen LogP contribution >= 0.6 is 0 Å². The number of nitrogens with zero attached hydrogens (tertiary/aromatic N) is 4. The van der Waals surface area contributed by atoms with Gasteiger partial charge in [0.15, 0.2) is 0 Å². The Kier molecular flexibility index (Phi) is 3.19. The van der Waals surface area contributed by atoms with Gasteiger partial charge in [-0.25, -0.2) is 4.99 Å². The van der Waals surface area contributed by atoms with Gasteiger partial charge in [-0.15, -0.1) is 0 Å². The van der Waals surface area contributed by atoms with Crippen LogP contribution < -0.4 is 5.32 Å². The first kappa shape index (κ1) is 9.44. The van der Waals surface area contributed by atoms with Crippen molar-refractivity contribution >= 4 is 18.4 Å². The molecule has 5 heteroatoms. The van der Waals surface area contributed by atoms with Gasteiger partial charge in [-0.1, -0.05) is 0 Å². The van der Waals surface area contributed by atoms with Gasteiger partial charge < -0.3 is 5.32 Å². The fourth-order valence-corrected chi connectivity index (χ4v) is 0.894. The molecule has 0 atom stereocenters. The fraction of sp³-hybridized carbons (Fsp3) is 0.375. The predicted molar refractivity (Wildman–Crippen MR) is 54.4 cm³/mol. The number of aromatic nitrogens is 2. The Hall–Kier alpha value is -1.65. The van der Waals surface area contributed by atoms with E-state index < -0.39 is 0 Å². The normalized spacial score (nSPS) is 11.4. The Labute approximate surface area is 77.2 Å². The monoisotopic (exact) mass is 179 g/mol. The molecule has 0 saturated carbocycles. The van der Waals surface area contributed by atoms with Crippen molar-refractivity contribution < 1.29 is 0 Å². The highest BCUT2D eigenvalue weighted by molar-refractivity contribution is 5.96. The van der Waals surface area contributed by atoms with E-state index in [9.17, 15) is 0 Å². The van der Waals surface area contributed by atoms with Crippen LogP contribution in [-0.4, -0.2) is 29.0 Å². The van der Waals surface area contributed by atoms with Gasteiger partial charge in [0.1, 0.15) is 0 Å². The topological polar surface area (TPSA) is 54.6 Å². The third-order valence-corrected chi connectivity index (χ3v) is 1.42. The molecule has 0 fully saturated rings. The number of aliphatic imine (C=N–C) groups is 2. The van der Waals surface area contributed by atoms with Crippen molar-refractivity contribution in [2.24, 2.45) is 17.0 Å². The molecule has 1 aromatic heterocycles. The van der Waals surface area contributed by atoms with E-state index in [2.05, 4.69) is 27.1 Å². The fourth-order valence-electron chi connectivity index (χ4n) is 0.894. The first-order chi connectivity index (χ1) is 6.26. The molecular weight excluding hydrogens is 166 g/mol. The summed E-state index contributed by atoms with van der Waals surface area (Å²) in [4.78, 5) is 7.82. The molecule has 1 rings (SSSR count). The van der Waals surface area contributed by atoms with E-state index >= 15 is 0 Å². The Morgan fingerprint density at radius 2 is 2.54 bits per heavy atom. The quantitative estimate of drug-likeness (QED) is 0.542. The minimum atomic E-state index is 0.524. The third kappa shape index (κ3) is 2.70.